The van der Waals surface area contributed by atoms with Crippen LogP contribution in [0.3, 0.4) is 0 Å². The fraction of sp³-hybridized carbons (Fsp3) is 0.684. The maximum absolute atomic E-state index is 3.81. The molecule has 1 N–H and O–H groups in total. The molecule has 2 nitrogen and oxygen atoms in total. The predicted octanol–water partition coefficient (Wildman–Crippen LogP) is 4.16. The zero-order chi connectivity index (χ0) is 15.2. The first-order chi connectivity index (χ1) is 10.1. The molecule has 0 spiro atoms. The molecule has 0 bridgehead atoms. The molecule has 0 aliphatic carbocycles. The van der Waals surface area contributed by atoms with Gasteiger partial charge in [0.15, 0.2) is 0 Å². The molecule has 1 aliphatic rings. The van der Waals surface area contributed by atoms with Crippen LogP contribution in [0.15, 0.2) is 24.3 Å². The average molecular weight is 288 g/mol. The van der Waals surface area contributed by atoms with Crippen LogP contribution >= 0.6 is 0 Å². The monoisotopic (exact) mass is 288 g/mol. The molecular weight excluding hydrogens is 256 g/mol. The van der Waals surface area contributed by atoms with Gasteiger partial charge in [-0.1, -0.05) is 36.8 Å². The van der Waals surface area contributed by atoms with E-state index in [2.05, 4.69) is 62.2 Å². The van der Waals surface area contributed by atoms with Crippen LogP contribution in [0, 0.1) is 12.8 Å². The summed E-state index contributed by atoms with van der Waals surface area (Å²) < 4.78 is 0. The fourth-order valence-corrected chi connectivity index (χ4v) is 3.47. The van der Waals surface area contributed by atoms with E-state index >= 15 is 0 Å². The van der Waals surface area contributed by atoms with Crippen molar-refractivity contribution in [3.8, 4) is 0 Å². The van der Waals surface area contributed by atoms with Crippen molar-refractivity contribution < 1.29 is 0 Å². The van der Waals surface area contributed by atoms with Crippen LogP contribution in [-0.2, 0) is 0 Å². The lowest BCUT2D eigenvalue weighted by molar-refractivity contribution is 0.159. The third kappa shape index (κ3) is 4.82. The SMILES string of the molecule is CCCN1CCC(C(C)NC(C)c2ccc(C)cc2)CC1. The van der Waals surface area contributed by atoms with Crippen molar-refractivity contribution in [3.63, 3.8) is 0 Å². The molecule has 0 radical (unpaired) electrons. The molecule has 1 fully saturated rings. The molecule has 1 saturated heterocycles. The Kier molecular flexibility index (Phi) is 6.25. The highest BCUT2D eigenvalue weighted by molar-refractivity contribution is 5.23. The average Bonchev–Trinajstić information content (AvgIpc) is 2.49. The Hall–Kier alpha value is -0.860. The molecule has 1 aliphatic heterocycles. The number of nitrogens with one attached hydrogen (secondary N) is 1. The number of aryl methyl sites for hydroxylation is 1. The second-order valence-electron chi connectivity index (χ2n) is 6.77. The van der Waals surface area contributed by atoms with Gasteiger partial charge < -0.3 is 10.2 Å². The summed E-state index contributed by atoms with van der Waals surface area (Å²) in [6.07, 6.45) is 3.96. The first-order valence-electron chi connectivity index (χ1n) is 8.65. The summed E-state index contributed by atoms with van der Waals surface area (Å²) in [5.74, 6) is 0.825. The molecule has 0 saturated carbocycles. The van der Waals surface area contributed by atoms with Gasteiger partial charge in [-0.05, 0) is 71.1 Å². The van der Waals surface area contributed by atoms with E-state index in [4.69, 9.17) is 0 Å². The molecule has 2 rings (SSSR count). The van der Waals surface area contributed by atoms with E-state index in [9.17, 15) is 0 Å². The van der Waals surface area contributed by atoms with Gasteiger partial charge in [-0.2, -0.15) is 0 Å². The van der Waals surface area contributed by atoms with E-state index in [-0.39, 0.29) is 0 Å². The van der Waals surface area contributed by atoms with E-state index in [0.29, 0.717) is 12.1 Å². The van der Waals surface area contributed by atoms with Gasteiger partial charge in [-0.25, -0.2) is 0 Å². The van der Waals surface area contributed by atoms with Gasteiger partial charge in [0.2, 0.25) is 0 Å². The van der Waals surface area contributed by atoms with Gasteiger partial charge in [0.05, 0.1) is 0 Å². The van der Waals surface area contributed by atoms with Crippen LogP contribution < -0.4 is 5.32 Å². The third-order valence-corrected chi connectivity index (χ3v) is 4.97. The normalized spacial score (nSPS) is 20.4. The Morgan fingerprint density at radius 3 is 2.33 bits per heavy atom. The van der Waals surface area contributed by atoms with Crippen LogP contribution in [-0.4, -0.2) is 30.6 Å². The Bertz CT molecular complexity index is 404. The number of nitrogens with zero attached hydrogens (tertiary/aromatic N) is 1. The number of hydrogen-bond acceptors (Lipinski definition) is 2. The quantitative estimate of drug-likeness (QED) is 0.845. The maximum Gasteiger partial charge on any atom is 0.0294 e. The van der Waals surface area contributed by atoms with Gasteiger partial charge >= 0.3 is 0 Å². The van der Waals surface area contributed by atoms with E-state index in [1.165, 1.54) is 50.0 Å². The summed E-state index contributed by atoms with van der Waals surface area (Å²) in [6, 6.07) is 9.97. The van der Waals surface area contributed by atoms with Crippen molar-refractivity contribution in [1.82, 2.24) is 10.2 Å². The highest BCUT2D eigenvalue weighted by Crippen LogP contribution is 2.23. The highest BCUT2D eigenvalue weighted by Gasteiger charge is 2.24. The van der Waals surface area contributed by atoms with Crippen molar-refractivity contribution in [2.75, 3.05) is 19.6 Å². The van der Waals surface area contributed by atoms with Crippen LogP contribution in [0.4, 0.5) is 0 Å². The molecule has 21 heavy (non-hydrogen) atoms. The molecule has 0 aromatic heterocycles. The summed E-state index contributed by atoms with van der Waals surface area (Å²) in [5.41, 5.74) is 2.73. The number of benzene rings is 1. The van der Waals surface area contributed by atoms with E-state index in [0.717, 1.165) is 5.92 Å². The summed E-state index contributed by atoms with van der Waals surface area (Å²) in [7, 11) is 0. The highest BCUT2D eigenvalue weighted by atomic mass is 15.1. The molecule has 2 unspecified atom stereocenters. The number of piperidine rings is 1. The van der Waals surface area contributed by atoms with E-state index in [1.807, 2.05) is 0 Å². The largest absolute Gasteiger partial charge is 0.307 e. The van der Waals surface area contributed by atoms with Gasteiger partial charge in [0.25, 0.3) is 0 Å². The van der Waals surface area contributed by atoms with E-state index in [1.54, 1.807) is 0 Å². The number of hydrogen-bond donors (Lipinski definition) is 1. The molecule has 0 amide bonds. The van der Waals surface area contributed by atoms with Gasteiger partial charge in [0, 0.05) is 12.1 Å². The third-order valence-electron chi connectivity index (χ3n) is 4.97. The first-order valence-corrected chi connectivity index (χ1v) is 8.65. The topological polar surface area (TPSA) is 15.3 Å². The Labute approximate surface area is 130 Å². The molecule has 1 heterocycles. The summed E-state index contributed by atoms with van der Waals surface area (Å²) in [6.45, 7) is 12.9. The minimum Gasteiger partial charge on any atom is -0.307 e. The lowest BCUT2D eigenvalue weighted by Crippen LogP contribution is -2.42. The van der Waals surface area contributed by atoms with Crippen molar-refractivity contribution in [2.45, 2.75) is 59.0 Å². The lowest BCUT2D eigenvalue weighted by Gasteiger charge is -2.36. The van der Waals surface area contributed by atoms with Crippen LogP contribution in [0.1, 0.15) is 57.2 Å². The molecule has 118 valence electrons. The molecule has 1 aromatic rings. The van der Waals surface area contributed by atoms with Crippen molar-refractivity contribution in [1.29, 1.82) is 0 Å². The predicted molar refractivity (Wildman–Crippen MR) is 91.6 cm³/mol. The second kappa shape index (κ2) is 7.95. The van der Waals surface area contributed by atoms with Crippen molar-refractivity contribution in [2.24, 2.45) is 5.92 Å². The molecule has 2 atom stereocenters. The minimum atomic E-state index is 0.439. The maximum atomic E-state index is 3.81. The fourth-order valence-electron chi connectivity index (χ4n) is 3.47. The van der Waals surface area contributed by atoms with Crippen molar-refractivity contribution >= 4 is 0 Å². The standard InChI is InChI=1S/C19H32N2/c1-5-12-21-13-10-19(11-14-21)17(4)20-16(3)18-8-6-15(2)7-9-18/h6-9,16-17,19-20H,5,10-14H2,1-4H3. The summed E-state index contributed by atoms with van der Waals surface area (Å²) in [5, 5.41) is 3.81. The summed E-state index contributed by atoms with van der Waals surface area (Å²) >= 11 is 0. The van der Waals surface area contributed by atoms with Crippen molar-refractivity contribution in [3.05, 3.63) is 35.4 Å². The smallest absolute Gasteiger partial charge is 0.0294 e. The zero-order valence-electron chi connectivity index (χ0n) is 14.2. The van der Waals surface area contributed by atoms with Crippen LogP contribution in [0.2, 0.25) is 0 Å². The van der Waals surface area contributed by atoms with Gasteiger partial charge in [-0.3, -0.25) is 0 Å². The Balaban J connectivity index is 1.81. The van der Waals surface area contributed by atoms with Crippen LogP contribution in [0.5, 0.6) is 0 Å². The summed E-state index contributed by atoms with van der Waals surface area (Å²) in [4.78, 5) is 2.62. The molecule has 1 aromatic carbocycles. The Morgan fingerprint density at radius 1 is 1.14 bits per heavy atom. The minimum absolute atomic E-state index is 0.439. The Morgan fingerprint density at radius 2 is 1.76 bits per heavy atom. The van der Waals surface area contributed by atoms with Crippen LogP contribution in [0.25, 0.3) is 0 Å². The molecule has 2 heteroatoms. The van der Waals surface area contributed by atoms with Gasteiger partial charge in [0.1, 0.15) is 0 Å². The molecular formula is C19H32N2. The number of rotatable bonds is 6. The van der Waals surface area contributed by atoms with Gasteiger partial charge in [-0.15, -0.1) is 0 Å². The first kappa shape index (κ1) is 16.5. The lowest BCUT2D eigenvalue weighted by atomic mass is 9.89. The number of likely N-dealkylation sites (tertiary alicyclic amines) is 1. The van der Waals surface area contributed by atoms with E-state index < -0.39 is 0 Å². The zero-order valence-corrected chi connectivity index (χ0v) is 14.2. The second-order valence-corrected chi connectivity index (χ2v) is 6.77.